The number of methoxy groups -OCH3 is 1. The molecular formula is C15H17NO4S. The molecule has 0 unspecified atom stereocenters. The zero-order valence-electron chi connectivity index (χ0n) is 11.6. The van der Waals surface area contributed by atoms with Crippen LogP contribution in [-0.2, 0) is 16.4 Å². The molecule has 0 aromatic heterocycles. The third-order valence-electron chi connectivity index (χ3n) is 2.97. The second kappa shape index (κ2) is 6.49. The van der Waals surface area contributed by atoms with Gasteiger partial charge in [0.05, 0.1) is 18.6 Å². The number of nitrogens with one attached hydrogen (secondary N) is 1. The molecule has 0 bridgehead atoms. The van der Waals surface area contributed by atoms with Crippen molar-refractivity contribution in [2.24, 2.45) is 0 Å². The normalized spacial score (nSPS) is 11.1. The van der Waals surface area contributed by atoms with Crippen molar-refractivity contribution in [2.75, 3.05) is 17.6 Å². The Morgan fingerprint density at radius 3 is 2.52 bits per heavy atom. The van der Waals surface area contributed by atoms with Crippen molar-refractivity contribution in [1.82, 2.24) is 0 Å². The van der Waals surface area contributed by atoms with E-state index >= 15 is 0 Å². The minimum atomic E-state index is -3.55. The van der Waals surface area contributed by atoms with E-state index in [0.717, 1.165) is 5.56 Å². The quantitative estimate of drug-likeness (QED) is 0.803. The Morgan fingerprint density at radius 2 is 1.86 bits per heavy atom. The number of rotatable bonds is 6. The lowest BCUT2D eigenvalue weighted by molar-refractivity contribution is 0.413. The van der Waals surface area contributed by atoms with Gasteiger partial charge in [0.2, 0.25) is 10.0 Å². The molecule has 2 N–H and O–H groups in total. The highest BCUT2D eigenvalue weighted by Crippen LogP contribution is 2.28. The van der Waals surface area contributed by atoms with E-state index in [4.69, 9.17) is 4.74 Å². The molecule has 6 heteroatoms. The molecule has 0 aliphatic rings. The van der Waals surface area contributed by atoms with Crippen LogP contribution in [0.1, 0.15) is 5.56 Å². The first-order valence-electron chi connectivity index (χ1n) is 6.41. The van der Waals surface area contributed by atoms with E-state index in [1.54, 1.807) is 6.07 Å². The fourth-order valence-corrected chi connectivity index (χ4v) is 2.94. The SMILES string of the molecule is COc1ccc(O)c(NS(=O)(=O)CCc2ccccc2)c1. The first-order chi connectivity index (χ1) is 10.00. The highest BCUT2D eigenvalue weighted by molar-refractivity contribution is 7.92. The molecule has 112 valence electrons. The van der Waals surface area contributed by atoms with E-state index in [-0.39, 0.29) is 17.2 Å². The van der Waals surface area contributed by atoms with Crippen LogP contribution in [0.25, 0.3) is 0 Å². The van der Waals surface area contributed by atoms with Gasteiger partial charge < -0.3 is 9.84 Å². The largest absolute Gasteiger partial charge is 0.506 e. The second-order valence-electron chi connectivity index (χ2n) is 4.54. The molecule has 0 saturated heterocycles. The highest BCUT2D eigenvalue weighted by Gasteiger charge is 2.14. The highest BCUT2D eigenvalue weighted by atomic mass is 32.2. The lowest BCUT2D eigenvalue weighted by atomic mass is 10.2. The Balaban J connectivity index is 2.07. The monoisotopic (exact) mass is 307 g/mol. The standard InChI is InChI=1S/C15H17NO4S/c1-20-13-7-8-15(17)14(11-13)16-21(18,19)10-9-12-5-3-2-4-6-12/h2-8,11,16-17H,9-10H2,1H3. The average molecular weight is 307 g/mol. The first-order valence-corrected chi connectivity index (χ1v) is 8.07. The van der Waals surface area contributed by atoms with Crippen molar-refractivity contribution in [2.45, 2.75) is 6.42 Å². The number of anilines is 1. The van der Waals surface area contributed by atoms with Gasteiger partial charge in [-0.05, 0) is 24.1 Å². The molecule has 5 nitrogen and oxygen atoms in total. The summed E-state index contributed by atoms with van der Waals surface area (Å²) in [4.78, 5) is 0. The van der Waals surface area contributed by atoms with Gasteiger partial charge in [-0.25, -0.2) is 8.42 Å². The van der Waals surface area contributed by atoms with Crippen LogP contribution in [0.2, 0.25) is 0 Å². The lowest BCUT2D eigenvalue weighted by Crippen LogP contribution is -2.18. The number of hydrogen-bond donors (Lipinski definition) is 2. The molecule has 0 spiro atoms. The van der Waals surface area contributed by atoms with Crippen molar-refractivity contribution >= 4 is 15.7 Å². The van der Waals surface area contributed by atoms with Crippen molar-refractivity contribution in [1.29, 1.82) is 0 Å². The summed E-state index contributed by atoms with van der Waals surface area (Å²) < 4.78 is 31.5. The number of aryl methyl sites for hydroxylation is 1. The lowest BCUT2D eigenvalue weighted by Gasteiger charge is -2.11. The number of phenolic OH excluding ortho intramolecular Hbond substituents is 1. The maximum absolute atomic E-state index is 12.1. The van der Waals surface area contributed by atoms with Gasteiger partial charge in [0.25, 0.3) is 0 Å². The topological polar surface area (TPSA) is 75.6 Å². The van der Waals surface area contributed by atoms with Gasteiger partial charge >= 0.3 is 0 Å². The fraction of sp³-hybridized carbons (Fsp3) is 0.200. The van der Waals surface area contributed by atoms with E-state index in [0.29, 0.717) is 12.2 Å². The van der Waals surface area contributed by atoms with Crippen molar-refractivity contribution < 1.29 is 18.3 Å². The smallest absolute Gasteiger partial charge is 0.233 e. The van der Waals surface area contributed by atoms with Crippen LogP contribution in [0.15, 0.2) is 48.5 Å². The summed E-state index contributed by atoms with van der Waals surface area (Å²) >= 11 is 0. The van der Waals surface area contributed by atoms with E-state index in [2.05, 4.69) is 4.72 Å². The maximum Gasteiger partial charge on any atom is 0.233 e. The minimum absolute atomic E-state index is 0.0618. The Hall–Kier alpha value is -2.21. The molecule has 0 aliphatic heterocycles. The molecule has 0 fully saturated rings. The van der Waals surface area contributed by atoms with Gasteiger partial charge in [-0.2, -0.15) is 0 Å². The molecule has 0 atom stereocenters. The third kappa shape index (κ3) is 4.39. The molecule has 2 aromatic carbocycles. The molecule has 0 amide bonds. The van der Waals surface area contributed by atoms with Gasteiger partial charge in [-0.1, -0.05) is 30.3 Å². The Bertz CT molecular complexity index is 699. The van der Waals surface area contributed by atoms with Crippen molar-refractivity contribution in [3.63, 3.8) is 0 Å². The summed E-state index contributed by atoms with van der Waals surface area (Å²) in [5.74, 6) is 0.265. The van der Waals surface area contributed by atoms with E-state index in [1.807, 2.05) is 30.3 Å². The molecule has 0 radical (unpaired) electrons. The van der Waals surface area contributed by atoms with Crippen LogP contribution < -0.4 is 9.46 Å². The number of ether oxygens (including phenoxy) is 1. The second-order valence-corrected chi connectivity index (χ2v) is 6.38. The zero-order chi connectivity index (χ0) is 15.3. The van der Waals surface area contributed by atoms with Crippen LogP contribution in [0.5, 0.6) is 11.5 Å². The van der Waals surface area contributed by atoms with Gasteiger partial charge in [0.15, 0.2) is 0 Å². The summed E-state index contributed by atoms with van der Waals surface area (Å²) in [6.45, 7) is 0. The van der Waals surface area contributed by atoms with Gasteiger partial charge in [-0.15, -0.1) is 0 Å². The number of phenols is 1. The van der Waals surface area contributed by atoms with E-state index < -0.39 is 10.0 Å². The number of hydrogen-bond acceptors (Lipinski definition) is 4. The summed E-state index contributed by atoms with van der Waals surface area (Å²) in [6, 6.07) is 13.7. The van der Waals surface area contributed by atoms with Crippen molar-refractivity contribution in [3.8, 4) is 11.5 Å². The van der Waals surface area contributed by atoms with E-state index in [1.165, 1.54) is 19.2 Å². The molecule has 0 aliphatic carbocycles. The Morgan fingerprint density at radius 1 is 1.14 bits per heavy atom. The van der Waals surface area contributed by atoms with Gasteiger partial charge in [-0.3, -0.25) is 4.72 Å². The van der Waals surface area contributed by atoms with Gasteiger partial charge in [0.1, 0.15) is 11.5 Å². The predicted molar refractivity (Wildman–Crippen MR) is 82.2 cm³/mol. The van der Waals surface area contributed by atoms with Crippen LogP contribution in [0, 0.1) is 0 Å². The summed E-state index contributed by atoms with van der Waals surface area (Å²) in [6.07, 6.45) is 0.404. The summed E-state index contributed by atoms with van der Waals surface area (Å²) in [5.41, 5.74) is 1.06. The van der Waals surface area contributed by atoms with E-state index in [9.17, 15) is 13.5 Å². The van der Waals surface area contributed by atoms with Crippen LogP contribution >= 0.6 is 0 Å². The summed E-state index contributed by atoms with van der Waals surface area (Å²) in [7, 11) is -2.07. The molecule has 2 rings (SSSR count). The number of sulfonamides is 1. The average Bonchev–Trinajstić information content (AvgIpc) is 2.48. The van der Waals surface area contributed by atoms with Crippen molar-refractivity contribution in [3.05, 3.63) is 54.1 Å². The Labute approximate surface area is 124 Å². The molecule has 21 heavy (non-hydrogen) atoms. The summed E-state index contributed by atoms with van der Waals surface area (Å²) in [5, 5.41) is 9.70. The van der Waals surface area contributed by atoms with Gasteiger partial charge in [0, 0.05) is 6.07 Å². The third-order valence-corrected chi connectivity index (χ3v) is 4.24. The fourth-order valence-electron chi connectivity index (χ4n) is 1.84. The predicted octanol–water partition coefficient (Wildman–Crippen LogP) is 2.39. The molecule has 2 aromatic rings. The Kier molecular flexibility index (Phi) is 4.70. The number of benzene rings is 2. The van der Waals surface area contributed by atoms with Crippen LogP contribution in [0.3, 0.4) is 0 Å². The molecule has 0 saturated carbocycles. The molecular weight excluding hydrogens is 290 g/mol. The first kappa shape index (κ1) is 15.2. The number of aromatic hydroxyl groups is 1. The minimum Gasteiger partial charge on any atom is -0.506 e. The molecule has 0 heterocycles. The van der Waals surface area contributed by atoms with Crippen LogP contribution in [0.4, 0.5) is 5.69 Å². The maximum atomic E-state index is 12.1. The van der Waals surface area contributed by atoms with Crippen LogP contribution in [-0.4, -0.2) is 26.4 Å². The zero-order valence-corrected chi connectivity index (χ0v) is 12.4.